The molecule has 98 valence electrons. The second-order valence-corrected chi connectivity index (χ2v) is 4.38. The van der Waals surface area contributed by atoms with E-state index in [0.29, 0.717) is 11.4 Å². The summed E-state index contributed by atoms with van der Waals surface area (Å²) < 4.78 is 1.61. The number of rotatable bonds is 3. The van der Waals surface area contributed by atoms with Gasteiger partial charge in [0, 0.05) is 0 Å². The molecule has 0 aliphatic rings. The van der Waals surface area contributed by atoms with Crippen molar-refractivity contribution in [2.24, 2.45) is 0 Å². The number of aromatic nitrogens is 2. The van der Waals surface area contributed by atoms with E-state index in [1.54, 1.807) is 18.5 Å². The van der Waals surface area contributed by atoms with Crippen molar-refractivity contribution in [3.63, 3.8) is 0 Å². The summed E-state index contributed by atoms with van der Waals surface area (Å²) in [6, 6.07) is 7.60. The number of benzene rings is 1. The molecule has 0 atom stereocenters. The molecular weight excluding hydrogens is 244 g/mol. The molecule has 1 N–H and O–H groups in total. The Kier molecular flexibility index (Phi) is 3.21. The van der Waals surface area contributed by atoms with Crippen molar-refractivity contribution in [1.82, 2.24) is 9.78 Å². The van der Waals surface area contributed by atoms with E-state index in [-0.39, 0.29) is 5.56 Å². The summed E-state index contributed by atoms with van der Waals surface area (Å²) in [5, 5.41) is 13.1. The highest BCUT2D eigenvalue weighted by molar-refractivity contribution is 6.40. The fourth-order valence-electron chi connectivity index (χ4n) is 2.11. The Morgan fingerprint density at radius 3 is 2.37 bits per heavy atom. The van der Waals surface area contributed by atoms with Gasteiger partial charge in [-0.05, 0) is 32.4 Å². The first-order chi connectivity index (χ1) is 8.93. The Hall–Kier alpha value is -2.43. The van der Waals surface area contributed by atoms with Gasteiger partial charge in [-0.15, -0.1) is 0 Å². The molecule has 1 heterocycles. The van der Waals surface area contributed by atoms with Gasteiger partial charge in [-0.25, -0.2) is 9.48 Å². The number of hydrogen-bond acceptors (Lipinski definition) is 3. The van der Waals surface area contributed by atoms with Gasteiger partial charge in [0.1, 0.15) is 0 Å². The molecule has 19 heavy (non-hydrogen) atoms. The van der Waals surface area contributed by atoms with Crippen LogP contribution >= 0.6 is 0 Å². The molecule has 0 aliphatic heterocycles. The highest BCUT2D eigenvalue weighted by Crippen LogP contribution is 2.20. The molecule has 0 amide bonds. The van der Waals surface area contributed by atoms with E-state index >= 15 is 0 Å². The Morgan fingerprint density at radius 2 is 1.79 bits per heavy atom. The van der Waals surface area contributed by atoms with Crippen LogP contribution in [0.15, 0.2) is 24.3 Å². The summed E-state index contributed by atoms with van der Waals surface area (Å²) in [6.45, 7) is 5.27. The number of nitrogens with zero attached hydrogens (tertiary/aromatic N) is 2. The van der Waals surface area contributed by atoms with Gasteiger partial charge in [0.2, 0.25) is 0 Å². The van der Waals surface area contributed by atoms with Crippen molar-refractivity contribution < 1.29 is 14.7 Å². The molecule has 2 aromatic rings. The number of carboxylic acids is 1. The Balaban J connectivity index is 2.63. The van der Waals surface area contributed by atoms with Crippen LogP contribution in [0.2, 0.25) is 0 Å². The zero-order valence-electron chi connectivity index (χ0n) is 11.0. The quantitative estimate of drug-likeness (QED) is 0.675. The highest BCUT2D eigenvalue weighted by Gasteiger charge is 2.24. The molecule has 5 nitrogen and oxygen atoms in total. The molecule has 1 aromatic carbocycles. The first-order valence-corrected chi connectivity index (χ1v) is 5.83. The van der Waals surface area contributed by atoms with Gasteiger partial charge in [0.15, 0.2) is 0 Å². The van der Waals surface area contributed by atoms with Crippen LogP contribution in [0, 0.1) is 20.8 Å². The zero-order valence-corrected chi connectivity index (χ0v) is 11.0. The molecule has 0 aliphatic carbocycles. The third kappa shape index (κ3) is 2.14. The Labute approximate surface area is 110 Å². The fourth-order valence-corrected chi connectivity index (χ4v) is 2.11. The SMILES string of the molecule is Cc1ccccc1-n1nc(C)c(C(=O)C(=O)O)c1C. The van der Waals surface area contributed by atoms with Crippen LogP contribution < -0.4 is 0 Å². The van der Waals surface area contributed by atoms with E-state index in [4.69, 9.17) is 5.11 Å². The van der Waals surface area contributed by atoms with Crippen molar-refractivity contribution in [3.8, 4) is 5.69 Å². The van der Waals surface area contributed by atoms with Gasteiger partial charge in [-0.3, -0.25) is 4.79 Å². The lowest BCUT2D eigenvalue weighted by molar-refractivity contribution is -0.131. The van der Waals surface area contributed by atoms with Crippen molar-refractivity contribution in [2.45, 2.75) is 20.8 Å². The second kappa shape index (κ2) is 4.68. The minimum Gasteiger partial charge on any atom is -0.475 e. The van der Waals surface area contributed by atoms with E-state index in [9.17, 15) is 9.59 Å². The van der Waals surface area contributed by atoms with E-state index in [2.05, 4.69) is 5.10 Å². The predicted octanol–water partition coefficient (Wildman–Crippen LogP) is 2.06. The summed E-state index contributed by atoms with van der Waals surface area (Å²) >= 11 is 0. The monoisotopic (exact) mass is 258 g/mol. The summed E-state index contributed by atoms with van der Waals surface area (Å²) in [5.41, 5.74) is 2.97. The second-order valence-electron chi connectivity index (χ2n) is 4.38. The van der Waals surface area contributed by atoms with Crippen LogP contribution in [-0.4, -0.2) is 26.6 Å². The van der Waals surface area contributed by atoms with Gasteiger partial charge in [-0.1, -0.05) is 18.2 Å². The number of hydrogen-bond donors (Lipinski definition) is 1. The summed E-state index contributed by atoms with van der Waals surface area (Å²) in [7, 11) is 0. The number of Topliss-reactive ketones (excluding diaryl/α,β-unsaturated/α-hetero) is 1. The first-order valence-electron chi connectivity index (χ1n) is 5.83. The fraction of sp³-hybridized carbons (Fsp3) is 0.214. The molecule has 2 rings (SSSR count). The van der Waals surface area contributed by atoms with Gasteiger partial charge >= 0.3 is 5.97 Å². The van der Waals surface area contributed by atoms with Crippen LogP contribution in [0.25, 0.3) is 5.69 Å². The third-order valence-corrected chi connectivity index (χ3v) is 3.06. The number of para-hydroxylation sites is 1. The van der Waals surface area contributed by atoms with Crippen molar-refractivity contribution in [3.05, 3.63) is 46.8 Å². The maximum absolute atomic E-state index is 11.7. The molecule has 0 spiro atoms. The number of aryl methyl sites for hydroxylation is 2. The van der Waals surface area contributed by atoms with Crippen molar-refractivity contribution >= 4 is 11.8 Å². The average Bonchev–Trinajstić information content (AvgIpc) is 2.64. The van der Waals surface area contributed by atoms with E-state index < -0.39 is 11.8 Å². The van der Waals surface area contributed by atoms with Crippen molar-refractivity contribution in [2.75, 3.05) is 0 Å². The molecule has 0 fully saturated rings. The average molecular weight is 258 g/mol. The van der Waals surface area contributed by atoms with E-state index in [1.165, 1.54) is 0 Å². The maximum Gasteiger partial charge on any atom is 0.377 e. The minimum absolute atomic E-state index is 0.163. The first kappa shape index (κ1) is 13.0. The standard InChI is InChI=1S/C14H14N2O3/c1-8-6-4-5-7-11(8)16-10(3)12(9(2)15-16)13(17)14(18)19/h4-7H,1-3H3,(H,18,19). The van der Waals surface area contributed by atoms with Crippen LogP contribution in [-0.2, 0) is 4.79 Å². The highest BCUT2D eigenvalue weighted by atomic mass is 16.4. The van der Waals surface area contributed by atoms with Gasteiger partial charge in [0.05, 0.1) is 22.6 Å². The normalized spacial score (nSPS) is 10.5. The van der Waals surface area contributed by atoms with Crippen molar-refractivity contribution in [1.29, 1.82) is 0 Å². The Morgan fingerprint density at radius 1 is 1.16 bits per heavy atom. The number of carboxylic acid groups (broad SMARTS) is 1. The summed E-state index contributed by atoms with van der Waals surface area (Å²) in [5.74, 6) is -2.38. The molecule has 0 unspecified atom stereocenters. The largest absolute Gasteiger partial charge is 0.475 e. The smallest absolute Gasteiger partial charge is 0.377 e. The molecule has 1 aromatic heterocycles. The molecule has 0 saturated heterocycles. The molecular formula is C14H14N2O3. The minimum atomic E-state index is -1.46. The molecule has 5 heteroatoms. The zero-order chi connectivity index (χ0) is 14.2. The number of ketones is 1. The van der Waals surface area contributed by atoms with Gasteiger partial charge in [-0.2, -0.15) is 5.10 Å². The lowest BCUT2D eigenvalue weighted by Crippen LogP contribution is -2.14. The van der Waals surface area contributed by atoms with Gasteiger partial charge < -0.3 is 5.11 Å². The van der Waals surface area contributed by atoms with Crippen LogP contribution in [0.3, 0.4) is 0 Å². The topological polar surface area (TPSA) is 72.2 Å². The van der Waals surface area contributed by atoms with Crippen LogP contribution in [0.5, 0.6) is 0 Å². The molecule has 0 radical (unpaired) electrons. The van der Waals surface area contributed by atoms with Crippen LogP contribution in [0.4, 0.5) is 0 Å². The Bertz CT molecular complexity index is 671. The maximum atomic E-state index is 11.7. The number of carbonyl (C=O) groups excluding carboxylic acids is 1. The van der Waals surface area contributed by atoms with Gasteiger partial charge in [0.25, 0.3) is 5.78 Å². The lowest BCUT2D eigenvalue weighted by Gasteiger charge is -2.07. The third-order valence-electron chi connectivity index (χ3n) is 3.06. The van der Waals surface area contributed by atoms with Crippen LogP contribution in [0.1, 0.15) is 27.3 Å². The number of aliphatic carboxylic acids is 1. The molecule has 0 saturated carbocycles. The summed E-state index contributed by atoms with van der Waals surface area (Å²) in [4.78, 5) is 22.5. The number of carbonyl (C=O) groups is 2. The van der Waals surface area contributed by atoms with E-state index in [0.717, 1.165) is 11.3 Å². The predicted molar refractivity (Wildman–Crippen MR) is 69.7 cm³/mol. The van der Waals surface area contributed by atoms with E-state index in [1.807, 2.05) is 31.2 Å². The molecule has 0 bridgehead atoms. The lowest BCUT2D eigenvalue weighted by atomic mass is 10.1. The summed E-state index contributed by atoms with van der Waals surface area (Å²) in [6.07, 6.45) is 0.